The first-order chi connectivity index (χ1) is 12.3. The van der Waals surface area contributed by atoms with Crippen LogP contribution in [0.15, 0.2) is 47.1 Å². The zero-order valence-corrected chi connectivity index (χ0v) is 14.8. The number of benzene rings is 1. The summed E-state index contributed by atoms with van der Waals surface area (Å²) in [5.41, 5.74) is 1.24. The average molecular weight is 345 g/mol. The van der Waals surface area contributed by atoms with Crippen LogP contribution in [0.5, 0.6) is 5.75 Å². The summed E-state index contributed by atoms with van der Waals surface area (Å²) in [6.45, 7) is 3.30. The summed E-state index contributed by atoms with van der Waals surface area (Å²) < 4.78 is 16.4. The molecule has 2 aromatic rings. The summed E-state index contributed by atoms with van der Waals surface area (Å²) in [5.74, 6) is 1.58. The van der Waals surface area contributed by atoms with Crippen LogP contribution in [0.25, 0.3) is 0 Å². The molecule has 2 heterocycles. The second kappa shape index (κ2) is 9.04. The molecular weight excluding hydrogens is 318 g/mol. The molecule has 1 saturated heterocycles. The number of hydrogen-bond acceptors (Lipinski definition) is 5. The van der Waals surface area contributed by atoms with Crippen LogP contribution in [0.3, 0.4) is 0 Å². The first kappa shape index (κ1) is 18.0. The van der Waals surface area contributed by atoms with Gasteiger partial charge >= 0.3 is 0 Å². The van der Waals surface area contributed by atoms with Gasteiger partial charge in [-0.3, -0.25) is 4.90 Å². The number of ether oxygens (including phenoxy) is 2. The van der Waals surface area contributed by atoms with Crippen LogP contribution in [0.2, 0.25) is 0 Å². The van der Waals surface area contributed by atoms with E-state index in [-0.39, 0.29) is 6.04 Å². The Labute approximate surface area is 149 Å². The van der Waals surface area contributed by atoms with E-state index in [4.69, 9.17) is 13.9 Å². The normalized spacial score (nSPS) is 19.7. The fraction of sp³-hybridized carbons (Fsp3) is 0.500. The Hall–Kier alpha value is -1.82. The molecule has 136 valence electrons. The summed E-state index contributed by atoms with van der Waals surface area (Å²) >= 11 is 0. The predicted molar refractivity (Wildman–Crippen MR) is 95.8 cm³/mol. The minimum Gasteiger partial charge on any atom is -0.496 e. The zero-order valence-electron chi connectivity index (χ0n) is 14.8. The molecular formula is C20H27NO4. The fourth-order valence-electron chi connectivity index (χ4n) is 3.44. The summed E-state index contributed by atoms with van der Waals surface area (Å²) in [6, 6.07) is 12.0. The Morgan fingerprint density at radius 2 is 2.16 bits per heavy atom. The maximum Gasteiger partial charge on any atom is 0.132 e. The SMILES string of the molecule is COc1ccccc1CCCN1CCOCC1CC(O)c1ccco1. The Kier molecular flexibility index (Phi) is 6.50. The van der Waals surface area contributed by atoms with Crippen LogP contribution in [0.1, 0.15) is 30.3 Å². The highest BCUT2D eigenvalue weighted by atomic mass is 16.5. The molecule has 1 aliphatic heterocycles. The summed E-state index contributed by atoms with van der Waals surface area (Å²) in [5, 5.41) is 10.4. The highest BCUT2D eigenvalue weighted by molar-refractivity contribution is 5.33. The molecule has 1 N–H and O–H groups in total. The molecule has 1 aromatic carbocycles. The van der Waals surface area contributed by atoms with Crippen molar-refractivity contribution >= 4 is 0 Å². The predicted octanol–water partition coefficient (Wildman–Crippen LogP) is 3.05. The first-order valence-electron chi connectivity index (χ1n) is 8.93. The number of hydrogen-bond donors (Lipinski definition) is 1. The Morgan fingerprint density at radius 1 is 1.28 bits per heavy atom. The van der Waals surface area contributed by atoms with E-state index >= 15 is 0 Å². The van der Waals surface area contributed by atoms with Crippen molar-refractivity contribution in [2.75, 3.05) is 33.4 Å². The van der Waals surface area contributed by atoms with Gasteiger partial charge in [-0.2, -0.15) is 0 Å². The number of rotatable bonds is 8. The third kappa shape index (κ3) is 4.84. The zero-order chi connectivity index (χ0) is 17.5. The van der Waals surface area contributed by atoms with Crippen molar-refractivity contribution in [3.05, 3.63) is 54.0 Å². The molecule has 2 atom stereocenters. The van der Waals surface area contributed by atoms with Crippen molar-refractivity contribution in [2.45, 2.75) is 31.4 Å². The standard InChI is InChI=1S/C20H27NO4/c1-23-19-8-3-2-6-16(19)7-4-10-21-11-13-24-15-17(21)14-18(22)20-9-5-12-25-20/h2-3,5-6,8-9,12,17-18,22H,4,7,10-11,13-15H2,1H3. The number of aryl methyl sites for hydroxylation is 1. The minimum atomic E-state index is -0.585. The van der Waals surface area contributed by atoms with Crippen LogP contribution >= 0.6 is 0 Å². The Balaban J connectivity index is 1.52. The van der Waals surface area contributed by atoms with Gasteiger partial charge in [-0.25, -0.2) is 0 Å². The largest absolute Gasteiger partial charge is 0.496 e. The van der Waals surface area contributed by atoms with Crippen LogP contribution < -0.4 is 4.74 Å². The van der Waals surface area contributed by atoms with Gasteiger partial charge in [0.25, 0.3) is 0 Å². The van der Waals surface area contributed by atoms with E-state index in [2.05, 4.69) is 17.0 Å². The topological polar surface area (TPSA) is 55.1 Å². The van der Waals surface area contributed by atoms with Gasteiger partial charge < -0.3 is 19.0 Å². The third-order valence-electron chi connectivity index (χ3n) is 4.80. The molecule has 0 radical (unpaired) electrons. The molecule has 25 heavy (non-hydrogen) atoms. The average Bonchev–Trinajstić information content (AvgIpc) is 3.18. The van der Waals surface area contributed by atoms with Gasteiger partial charge in [0, 0.05) is 12.6 Å². The fourth-order valence-corrected chi connectivity index (χ4v) is 3.44. The van der Waals surface area contributed by atoms with Crippen LogP contribution in [0.4, 0.5) is 0 Å². The van der Waals surface area contributed by atoms with E-state index in [1.54, 1.807) is 19.4 Å². The highest BCUT2D eigenvalue weighted by Crippen LogP contribution is 2.24. The molecule has 3 rings (SSSR count). The van der Waals surface area contributed by atoms with E-state index in [1.165, 1.54) is 5.56 Å². The van der Waals surface area contributed by atoms with Crippen molar-refractivity contribution in [3.8, 4) is 5.75 Å². The third-order valence-corrected chi connectivity index (χ3v) is 4.80. The van der Waals surface area contributed by atoms with Crippen molar-refractivity contribution in [2.24, 2.45) is 0 Å². The number of aliphatic hydroxyl groups excluding tert-OH is 1. The molecule has 0 spiro atoms. The molecule has 5 heteroatoms. The van der Waals surface area contributed by atoms with E-state index < -0.39 is 6.10 Å². The van der Waals surface area contributed by atoms with E-state index in [1.807, 2.05) is 18.2 Å². The Morgan fingerprint density at radius 3 is 2.96 bits per heavy atom. The second-order valence-corrected chi connectivity index (χ2v) is 6.45. The number of para-hydroxylation sites is 1. The molecule has 1 fully saturated rings. The Bertz CT molecular complexity index is 628. The summed E-state index contributed by atoms with van der Waals surface area (Å²) in [6.07, 6.45) is 3.67. The lowest BCUT2D eigenvalue weighted by molar-refractivity contribution is -0.0287. The van der Waals surface area contributed by atoms with Crippen molar-refractivity contribution in [1.82, 2.24) is 4.90 Å². The number of nitrogens with zero attached hydrogens (tertiary/aromatic N) is 1. The molecule has 1 aromatic heterocycles. The molecule has 1 aliphatic rings. The smallest absolute Gasteiger partial charge is 0.132 e. The van der Waals surface area contributed by atoms with Crippen LogP contribution in [-0.2, 0) is 11.2 Å². The van der Waals surface area contributed by atoms with E-state index in [0.717, 1.165) is 38.3 Å². The number of furan rings is 1. The first-order valence-corrected chi connectivity index (χ1v) is 8.93. The van der Waals surface area contributed by atoms with Gasteiger partial charge in [0.2, 0.25) is 0 Å². The van der Waals surface area contributed by atoms with Crippen LogP contribution in [0, 0.1) is 0 Å². The molecule has 5 nitrogen and oxygen atoms in total. The quantitative estimate of drug-likeness (QED) is 0.797. The van der Waals surface area contributed by atoms with Crippen LogP contribution in [-0.4, -0.2) is 49.5 Å². The molecule has 0 aliphatic carbocycles. The monoisotopic (exact) mass is 345 g/mol. The van der Waals surface area contributed by atoms with Gasteiger partial charge in [-0.05, 0) is 49.6 Å². The van der Waals surface area contributed by atoms with Gasteiger partial charge in [0.15, 0.2) is 0 Å². The van der Waals surface area contributed by atoms with E-state index in [0.29, 0.717) is 18.8 Å². The van der Waals surface area contributed by atoms with Crippen molar-refractivity contribution < 1.29 is 19.0 Å². The molecule has 0 bridgehead atoms. The lowest BCUT2D eigenvalue weighted by Gasteiger charge is -2.36. The maximum atomic E-state index is 10.4. The highest BCUT2D eigenvalue weighted by Gasteiger charge is 2.26. The van der Waals surface area contributed by atoms with Gasteiger partial charge in [-0.15, -0.1) is 0 Å². The number of methoxy groups -OCH3 is 1. The van der Waals surface area contributed by atoms with Gasteiger partial charge in [0.05, 0.1) is 26.6 Å². The maximum absolute atomic E-state index is 10.4. The van der Waals surface area contributed by atoms with Gasteiger partial charge in [0.1, 0.15) is 17.6 Å². The van der Waals surface area contributed by atoms with E-state index in [9.17, 15) is 5.11 Å². The lowest BCUT2D eigenvalue weighted by Crippen LogP contribution is -2.46. The van der Waals surface area contributed by atoms with Crippen molar-refractivity contribution in [1.29, 1.82) is 0 Å². The number of aliphatic hydroxyl groups is 1. The van der Waals surface area contributed by atoms with Gasteiger partial charge in [-0.1, -0.05) is 18.2 Å². The molecule has 0 saturated carbocycles. The second-order valence-electron chi connectivity index (χ2n) is 6.45. The van der Waals surface area contributed by atoms with Crippen molar-refractivity contribution in [3.63, 3.8) is 0 Å². The lowest BCUT2D eigenvalue weighted by atomic mass is 10.0. The minimum absolute atomic E-state index is 0.214. The number of morpholine rings is 1. The molecule has 0 amide bonds. The summed E-state index contributed by atoms with van der Waals surface area (Å²) in [4.78, 5) is 2.42. The summed E-state index contributed by atoms with van der Waals surface area (Å²) in [7, 11) is 1.72. The molecule has 2 unspecified atom stereocenters.